The van der Waals surface area contributed by atoms with E-state index < -0.39 is 32.2 Å². The van der Waals surface area contributed by atoms with Crippen LogP contribution < -0.4 is 10.3 Å². The van der Waals surface area contributed by atoms with Gasteiger partial charge in [-0.2, -0.15) is 23.0 Å². The van der Waals surface area contributed by atoms with Crippen LogP contribution in [0.1, 0.15) is 35.0 Å². The Bertz CT molecular complexity index is 1310. The number of nitrogens with one attached hydrogen (secondary N) is 2. The number of benzene rings is 1. The predicted molar refractivity (Wildman–Crippen MR) is 108 cm³/mol. The number of rotatable bonds is 5. The summed E-state index contributed by atoms with van der Waals surface area (Å²) in [5.74, 6) is -0.181. The largest absolute Gasteiger partial charge is 0.417 e. The van der Waals surface area contributed by atoms with Gasteiger partial charge >= 0.3 is 6.18 Å². The maximum Gasteiger partial charge on any atom is 0.417 e. The minimum Gasteiger partial charge on any atom is -0.291 e. The molecule has 0 radical (unpaired) electrons. The first-order valence-electron chi connectivity index (χ1n) is 9.22. The molecule has 1 aromatic carbocycles. The van der Waals surface area contributed by atoms with Crippen molar-refractivity contribution >= 4 is 15.8 Å². The zero-order valence-electron chi connectivity index (χ0n) is 17.1. The highest BCUT2D eigenvalue weighted by Crippen LogP contribution is 2.35. The number of halogens is 3. The molecule has 0 aliphatic heterocycles. The molecule has 0 atom stereocenters. The first-order chi connectivity index (χ1) is 14.4. The number of H-pyrrole nitrogens is 1. The van der Waals surface area contributed by atoms with Gasteiger partial charge in [0.25, 0.3) is 15.6 Å². The van der Waals surface area contributed by atoms with Crippen LogP contribution in [0.4, 0.5) is 19.0 Å². The Balaban J connectivity index is 2.16. The summed E-state index contributed by atoms with van der Waals surface area (Å²) in [5.41, 5.74) is -0.0341. The topological polar surface area (TPSA) is 110 Å². The van der Waals surface area contributed by atoms with E-state index in [9.17, 15) is 26.4 Å². The summed E-state index contributed by atoms with van der Waals surface area (Å²) in [5, 5.41) is 4.20. The standard InChI is InChI=1S/C19H20F3N5O3S/c1-5-13-12(4)23-18(24-17(13)28)27-16(10(2)11(3)25-27)26-31(29,30)15-9-7-6-8-14(15)19(20,21)22/h6-9,26H,5H2,1-4H3,(H,23,24,28). The first-order valence-corrected chi connectivity index (χ1v) is 10.7. The molecule has 2 aromatic heterocycles. The van der Waals surface area contributed by atoms with E-state index in [-0.39, 0.29) is 11.8 Å². The third-order valence-corrected chi connectivity index (χ3v) is 6.23. The molecule has 0 unspecified atom stereocenters. The van der Waals surface area contributed by atoms with Crippen molar-refractivity contribution in [1.29, 1.82) is 0 Å². The molecule has 3 rings (SSSR count). The lowest BCUT2D eigenvalue weighted by Gasteiger charge is -2.15. The SMILES string of the molecule is CCc1c(C)nc(-n2nc(C)c(C)c2NS(=O)(=O)c2ccccc2C(F)(F)F)[nH]c1=O. The van der Waals surface area contributed by atoms with Gasteiger partial charge < -0.3 is 0 Å². The molecular formula is C19H20F3N5O3S. The van der Waals surface area contributed by atoms with Crippen molar-refractivity contribution in [3.05, 3.63) is 62.7 Å². The number of alkyl halides is 3. The number of aryl methyl sites for hydroxylation is 2. The van der Waals surface area contributed by atoms with Gasteiger partial charge in [-0.1, -0.05) is 19.1 Å². The number of hydrogen-bond acceptors (Lipinski definition) is 5. The predicted octanol–water partition coefficient (Wildman–Crippen LogP) is 3.26. The minimum absolute atomic E-state index is 0.0577. The van der Waals surface area contributed by atoms with Crippen molar-refractivity contribution < 1.29 is 21.6 Å². The Labute approximate surface area is 176 Å². The number of hydrogen-bond donors (Lipinski definition) is 2. The first kappa shape index (κ1) is 22.5. The molecule has 0 aliphatic carbocycles. The summed E-state index contributed by atoms with van der Waals surface area (Å²) in [6, 6.07) is 3.86. The maximum absolute atomic E-state index is 13.3. The summed E-state index contributed by atoms with van der Waals surface area (Å²) in [6.45, 7) is 6.57. The zero-order chi connectivity index (χ0) is 23.1. The molecule has 0 saturated carbocycles. The lowest BCUT2D eigenvalue weighted by Crippen LogP contribution is -2.23. The van der Waals surface area contributed by atoms with Gasteiger partial charge in [0.15, 0.2) is 0 Å². The molecule has 0 bridgehead atoms. The molecule has 0 spiro atoms. The second kappa shape index (κ2) is 7.84. The molecule has 31 heavy (non-hydrogen) atoms. The fraction of sp³-hybridized carbons (Fsp3) is 0.316. The van der Waals surface area contributed by atoms with Crippen LogP contribution in [0.25, 0.3) is 5.95 Å². The van der Waals surface area contributed by atoms with Gasteiger partial charge in [0.2, 0.25) is 5.95 Å². The number of sulfonamides is 1. The lowest BCUT2D eigenvalue weighted by atomic mass is 10.2. The van der Waals surface area contributed by atoms with Gasteiger partial charge in [-0.15, -0.1) is 0 Å². The van der Waals surface area contributed by atoms with Crippen molar-refractivity contribution in [3.63, 3.8) is 0 Å². The fourth-order valence-corrected chi connectivity index (χ4v) is 4.44. The van der Waals surface area contributed by atoms with Crippen molar-refractivity contribution in [2.24, 2.45) is 0 Å². The Hall–Kier alpha value is -3.15. The second-order valence-electron chi connectivity index (χ2n) is 6.88. The highest BCUT2D eigenvalue weighted by atomic mass is 32.2. The van der Waals surface area contributed by atoms with E-state index in [2.05, 4.69) is 19.8 Å². The van der Waals surface area contributed by atoms with E-state index in [1.807, 2.05) is 0 Å². The van der Waals surface area contributed by atoms with Gasteiger partial charge in [-0.25, -0.2) is 13.4 Å². The van der Waals surface area contributed by atoms with Crippen molar-refractivity contribution in [3.8, 4) is 5.95 Å². The minimum atomic E-state index is -4.86. The molecule has 12 heteroatoms. The second-order valence-corrected chi connectivity index (χ2v) is 8.53. The molecule has 2 N–H and O–H groups in total. The average molecular weight is 455 g/mol. The molecule has 0 aliphatic rings. The molecule has 0 saturated heterocycles. The van der Waals surface area contributed by atoms with E-state index in [0.29, 0.717) is 35.0 Å². The molecule has 166 valence electrons. The van der Waals surface area contributed by atoms with Gasteiger partial charge in [0.1, 0.15) is 5.82 Å². The van der Waals surface area contributed by atoms with Crippen molar-refractivity contribution in [1.82, 2.24) is 19.7 Å². The van der Waals surface area contributed by atoms with Crippen LogP contribution in [0.5, 0.6) is 0 Å². The van der Waals surface area contributed by atoms with Crippen molar-refractivity contribution in [2.75, 3.05) is 4.72 Å². The van der Waals surface area contributed by atoms with E-state index in [1.165, 1.54) is 6.07 Å². The molecular weight excluding hydrogens is 435 g/mol. The van der Waals surface area contributed by atoms with Gasteiger partial charge in [0, 0.05) is 16.8 Å². The Kier molecular flexibility index (Phi) is 5.70. The van der Waals surface area contributed by atoms with Gasteiger partial charge in [-0.3, -0.25) is 14.5 Å². The van der Waals surface area contributed by atoms with Crippen LogP contribution in [0.2, 0.25) is 0 Å². The average Bonchev–Trinajstić information content (AvgIpc) is 2.95. The molecule has 0 fully saturated rings. The summed E-state index contributed by atoms with van der Waals surface area (Å²) in [6.07, 6.45) is -4.42. The molecule has 8 nitrogen and oxygen atoms in total. The Morgan fingerprint density at radius 3 is 2.35 bits per heavy atom. The highest BCUT2D eigenvalue weighted by Gasteiger charge is 2.37. The van der Waals surface area contributed by atoms with Crippen LogP contribution in [0.15, 0.2) is 34.0 Å². The summed E-state index contributed by atoms with van der Waals surface area (Å²) in [7, 11) is -4.65. The van der Waals surface area contributed by atoms with Gasteiger partial charge in [0.05, 0.1) is 16.2 Å². The molecule has 2 heterocycles. The Morgan fingerprint density at radius 2 is 1.77 bits per heavy atom. The number of anilines is 1. The summed E-state index contributed by atoms with van der Waals surface area (Å²) < 4.78 is 69.1. The number of nitrogens with zero attached hydrogens (tertiary/aromatic N) is 3. The highest BCUT2D eigenvalue weighted by molar-refractivity contribution is 7.92. The molecule has 3 aromatic rings. The van der Waals surface area contributed by atoms with E-state index in [4.69, 9.17) is 0 Å². The smallest absolute Gasteiger partial charge is 0.291 e. The van der Waals surface area contributed by atoms with Crippen LogP contribution in [-0.4, -0.2) is 28.2 Å². The van der Waals surface area contributed by atoms with Crippen LogP contribution in [0.3, 0.4) is 0 Å². The van der Waals surface area contributed by atoms with E-state index >= 15 is 0 Å². The van der Waals surface area contributed by atoms with Crippen molar-refractivity contribution in [2.45, 2.75) is 45.2 Å². The third-order valence-electron chi connectivity index (χ3n) is 4.84. The van der Waals surface area contributed by atoms with Crippen LogP contribution in [0, 0.1) is 20.8 Å². The summed E-state index contributed by atoms with van der Waals surface area (Å²) >= 11 is 0. The summed E-state index contributed by atoms with van der Waals surface area (Å²) in [4.78, 5) is 18.2. The number of aromatic nitrogens is 4. The Morgan fingerprint density at radius 1 is 1.13 bits per heavy atom. The lowest BCUT2D eigenvalue weighted by molar-refractivity contribution is -0.139. The van der Waals surface area contributed by atoms with Crippen LogP contribution >= 0.6 is 0 Å². The quantitative estimate of drug-likeness (QED) is 0.614. The fourth-order valence-electron chi connectivity index (χ4n) is 3.11. The maximum atomic E-state index is 13.3. The number of aromatic amines is 1. The normalized spacial score (nSPS) is 12.2. The monoisotopic (exact) mass is 455 g/mol. The van der Waals surface area contributed by atoms with E-state index in [0.717, 1.165) is 16.8 Å². The zero-order valence-corrected chi connectivity index (χ0v) is 17.9. The third kappa shape index (κ3) is 4.20. The van der Waals surface area contributed by atoms with E-state index in [1.54, 1.807) is 27.7 Å². The molecule has 0 amide bonds. The van der Waals surface area contributed by atoms with Gasteiger partial charge in [-0.05, 0) is 39.3 Å². The van der Waals surface area contributed by atoms with Crippen LogP contribution in [-0.2, 0) is 22.6 Å².